The normalized spacial score (nSPS) is 23.7. The monoisotopic (exact) mass is 668 g/mol. The van der Waals surface area contributed by atoms with Gasteiger partial charge in [0.15, 0.2) is 29.2 Å². The highest BCUT2D eigenvalue weighted by atomic mass is 31.1. The van der Waals surface area contributed by atoms with Crippen LogP contribution in [0.25, 0.3) is 21.9 Å². The van der Waals surface area contributed by atoms with Crippen LogP contribution in [0.15, 0.2) is 47.5 Å². The number of aliphatic hydroxyl groups is 2. The van der Waals surface area contributed by atoms with Crippen molar-refractivity contribution in [2.24, 2.45) is 16.6 Å². The van der Waals surface area contributed by atoms with Crippen LogP contribution in [0.2, 0.25) is 0 Å². The maximum absolute atomic E-state index is 13.3. The summed E-state index contributed by atoms with van der Waals surface area (Å²) in [6.45, 7) is 5.11. The Hall–Kier alpha value is -4.14. The molecule has 2 aromatic heterocycles. The topological polar surface area (TPSA) is 209 Å². The number of nitrogens with zero attached hydrogens (tertiary/aromatic N) is 5. The van der Waals surface area contributed by atoms with Gasteiger partial charge in [-0.3, -0.25) is 9.09 Å². The van der Waals surface area contributed by atoms with E-state index in [0.717, 1.165) is 18.2 Å². The van der Waals surface area contributed by atoms with Crippen molar-refractivity contribution >= 4 is 42.0 Å². The van der Waals surface area contributed by atoms with Gasteiger partial charge in [0.2, 0.25) is 17.6 Å². The van der Waals surface area contributed by atoms with Crippen molar-refractivity contribution < 1.29 is 43.4 Å². The van der Waals surface area contributed by atoms with E-state index in [0.29, 0.717) is 23.4 Å². The van der Waals surface area contributed by atoms with E-state index in [1.807, 2.05) is 12.1 Å². The Morgan fingerprint density at radius 2 is 2.00 bits per heavy atom. The standard InChI is InChI=1S/C31H37N6O9P/c1-16(2)22(28(39)44-13-17-9-10-17)36-47(41)46-24-19-8-6-5-7-18(19)11-12-20(24)43-14-21-25(38)31(3,40)29(45-21)37-15-33-23-26(37)34-30(32)35-27(23)42-4/h5-8,11-12,15-17,21-22,25,29,38,40H,9-10,13-14H2,1-4H3,(H2,32,34,35)/t21-,22+,25-,29?,31-/m1/s1. The molecule has 2 unspecified atom stereocenters. The van der Waals surface area contributed by atoms with Crippen LogP contribution in [0, 0.1) is 11.8 Å². The lowest BCUT2D eigenvalue weighted by atomic mass is 9.96. The Morgan fingerprint density at radius 3 is 2.72 bits per heavy atom. The van der Waals surface area contributed by atoms with Crippen LogP contribution in [-0.2, 0) is 14.3 Å². The van der Waals surface area contributed by atoms with E-state index >= 15 is 0 Å². The van der Waals surface area contributed by atoms with Gasteiger partial charge in [-0.1, -0.05) is 48.9 Å². The molecule has 6 atom stereocenters. The second-order valence-corrected chi connectivity index (χ2v) is 13.1. The van der Waals surface area contributed by atoms with Crippen molar-refractivity contribution in [1.29, 1.82) is 0 Å². The predicted molar refractivity (Wildman–Crippen MR) is 169 cm³/mol. The van der Waals surface area contributed by atoms with E-state index in [4.69, 9.17) is 29.2 Å². The summed E-state index contributed by atoms with van der Waals surface area (Å²) < 4.78 is 34.4. The van der Waals surface area contributed by atoms with Gasteiger partial charge >= 0.3 is 14.1 Å². The Bertz CT molecular complexity index is 1810. The zero-order valence-corrected chi connectivity index (χ0v) is 27.2. The van der Waals surface area contributed by atoms with Gasteiger partial charge in [0.1, 0.15) is 24.4 Å². The van der Waals surface area contributed by atoms with Crippen molar-refractivity contribution in [3.05, 3.63) is 42.7 Å². The number of aliphatic hydroxyl groups excluding tert-OH is 1. The van der Waals surface area contributed by atoms with E-state index in [-0.39, 0.29) is 41.5 Å². The molecular formula is C31H37N6O9P. The lowest BCUT2D eigenvalue weighted by Crippen LogP contribution is -2.44. The summed E-state index contributed by atoms with van der Waals surface area (Å²) in [6, 6.07) is 9.73. The third-order valence-electron chi connectivity index (χ3n) is 8.27. The summed E-state index contributed by atoms with van der Waals surface area (Å²) in [5.74, 6) is -0.0317. The molecule has 0 amide bonds. The fraction of sp³-hybridized carbons (Fsp3) is 0.484. The first-order valence-electron chi connectivity index (χ1n) is 15.2. The van der Waals surface area contributed by atoms with E-state index < -0.39 is 44.2 Å². The molecule has 6 rings (SSSR count). The lowest BCUT2D eigenvalue weighted by Gasteiger charge is -2.27. The predicted octanol–water partition coefficient (Wildman–Crippen LogP) is 2.87. The van der Waals surface area contributed by atoms with Crippen LogP contribution in [0.5, 0.6) is 17.4 Å². The molecule has 0 bridgehead atoms. The van der Waals surface area contributed by atoms with Gasteiger partial charge in [0.25, 0.3) is 0 Å². The average molecular weight is 669 g/mol. The number of ether oxygens (including phenoxy) is 4. The summed E-state index contributed by atoms with van der Waals surface area (Å²) >= 11 is 0. The quantitative estimate of drug-likeness (QED) is 0.147. The molecule has 250 valence electrons. The van der Waals surface area contributed by atoms with Gasteiger partial charge in [-0.05, 0) is 43.1 Å². The van der Waals surface area contributed by atoms with Crippen LogP contribution in [0.1, 0.15) is 39.8 Å². The van der Waals surface area contributed by atoms with Gasteiger partial charge in [-0.15, -0.1) is 0 Å². The van der Waals surface area contributed by atoms with Gasteiger partial charge in [0, 0.05) is 5.39 Å². The van der Waals surface area contributed by atoms with Gasteiger partial charge in [-0.25, -0.2) is 9.78 Å². The Labute approximate surface area is 271 Å². The van der Waals surface area contributed by atoms with Gasteiger partial charge in [-0.2, -0.15) is 9.97 Å². The number of methoxy groups -OCH3 is 1. The number of nitrogen functional groups attached to an aromatic ring is 1. The van der Waals surface area contributed by atoms with Crippen molar-refractivity contribution in [3.63, 3.8) is 0 Å². The molecule has 2 aromatic carbocycles. The number of imidazole rings is 1. The van der Waals surface area contributed by atoms with E-state index in [9.17, 15) is 19.9 Å². The van der Waals surface area contributed by atoms with Gasteiger partial charge in [0.05, 0.1) is 20.0 Å². The number of nitrogens with two attached hydrogens (primary N) is 1. The van der Waals surface area contributed by atoms with Crippen molar-refractivity contribution in [3.8, 4) is 17.4 Å². The van der Waals surface area contributed by atoms with Crippen LogP contribution in [0.4, 0.5) is 5.95 Å². The number of carbonyl (C=O) groups excluding carboxylic acids is 1. The number of carbonyl (C=O) groups is 1. The number of anilines is 1. The first-order chi connectivity index (χ1) is 22.5. The van der Waals surface area contributed by atoms with Crippen LogP contribution < -0.4 is 24.6 Å². The molecule has 2 aliphatic rings. The van der Waals surface area contributed by atoms with Crippen molar-refractivity contribution in [1.82, 2.24) is 19.5 Å². The molecule has 0 radical (unpaired) electrons. The molecule has 1 saturated carbocycles. The molecule has 3 heterocycles. The van der Waals surface area contributed by atoms with E-state index in [2.05, 4.69) is 19.7 Å². The smallest absolute Gasteiger partial charge is 0.395 e. The summed E-state index contributed by atoms with van der Waals surface area (Å²) in [5.41, 5.74) is 4.58. The summed E-state index contributed by atoms with van der Waals surface area (Å²) in [5, 5.41) is 23.9. The molecule has 1 aliphatic carbocycles. The minimum absolute atomic E-state index is 0.0714. The zero-order valence-electron chi connectivity index (χ0n) is 26.3. The second-order valence-electron chi connectivity index (χ2n) is 12.2. The summed E-state index contributed by atoms with van der Waals surface area (Å²) in [4.78, 5) is 38.6. The maximum atomic E-state index is 13.3. The molecule has 1 aliphatic heterocycles. The van der Waals surface area contributed by atoms with Crippen LogP contribution >= 0.6 is 8.17 Å². The minimum Gasteiger partial charge on any atom is -0.575 e. The third-order valence-corrected chi connectivity index (χ3v) is 9.05. The van der Waals surface area contributed by atoms with Gasteiger partial charge < -0.3 is 39.8 Å². The number of esters is 1. The Morgan fingerprint density at radius 1 is 1.23 bits per heavy atom. The number of rotatable bonds is 12. The molecule has 4 aromatic rings. The SMILES string of the molecule is COc1nc(N)nc2c1ncn2C1O[C@H](COc2ccc3ccccc3c2O/[P+]([O-])=N/[C@H](C(=O)OCC2CC2)C(C)C)[C@@H](O)[C@@]1(C)O. The van der Waals surface area contributed by atoms with Crippen LogP contribution in [0.3, 0.4) is 0 Å². The fourth-order valence-electron chi connectivity index (χ4n) is 5.43. The molecule has 15 nitrogen and oxygen atoms in total. The number of benzene rings is 2. The molecule has 16 heteroatoms. The molecule has 4 N–H and O–H groups in total. The van der Waals surface area contributed by atoms with Crippen LogP contribution in [-0.4, -0.2) is 79.9 Å². The molecule has 0 spiro atoms. The number of aromatic nitrogens is 4. The first kappa shape index (κ1) is 32.8. The highest BCUT2D eigenvalue weighted by molar-refractivity contribution is 7.34. The van der Waals surface area contributed by atoms with Crippen molar-refractivity contribution in [2.45, 2.75) is 63.7 Å². The fourth-order valence-corrected chi connectivity index (χ4v) is 6.38. The molecule has 1 saturated heterocycles. The third kappa shape index (κ3) is 6.67. The van der Waals surface area contributed by atoms with E-state index in [1.165, 1.54) is 24.9 Å². The molecule has 2 fully saturated rings. The van der Waals surface area contributed by atoms with Crippen molar-refractivity contribution in [2.75, 3.05) is 26.1 Å². The first-order valence-corrected chi connectivity index (χ1v) is 16.4. The summed E-state index contributed by atoms with van der Waals surface area (Å²) in [6.07, 6.45) is -0.132. The Balaban J connectivity index is 1.24. The van der Waals surface area contributed by atoms with E-state index in [1.54, 1.807) is 38.1 Å². The molecular weight excluding hydrogens is 631 g/mol. The number of hydrogen-bond acceptors (Lipinski definition) is 14. The highest BCUT2D eigenvalue weighted by Crippen LogP contribution is 2.43. The number of hydrogen-bond donors (Lipinski definition) is 3. The lowest BCUT2D eigenvalue weighted by molar-refractivity contribution is -0.170. The highest BCUT2D eigenvalue weighted by Gasteiger charge is 2.54. The maximum Gasteiger partial charge on any atom is 0.395 e. The number of fused-ring (bicyclic) bond motifs is 2. The second kappa shape index (κ2) is 13.2. The zero-order chi connectivity index (χ0) is 33.5. The molecule has 47 heavy (non-hydrogen) atoms. The summed E-state index contributed by atoms with van der Waals surface area (Å²) in [7, 11) is -1.31. The largest absolute Gasteiger partial charge is 0.575 e. The minimum atomic E-state index is -2.73. The Kier molecular flexibility index (Phi) is 9.18. The average Bonchev–Trinajstić information content (AvgIpc) is 3.75.